The molecule has 1 aliphatic rings. The van der Waals surface area contributed by atoms with Crippen molar-refractivity contribution in [2.24, 2.45) is 0 Å². The highest BCUT2D eigenvalue weighted by molar-refractivity contribution is 5.87. The molecule has 7 nitrogen and oxygen atoms in total. The van der Waals surface area contributed by atoms with E-state index in [4.69, 9.17) is 16.2 Å². The molecule has 1 aliphatic heterocycles. The predicted octanol–water partition coefficient (Wildman–Crippen LogP) is 1.39. The van der Waals surface area contributed by atoms with Gasteiger partial charge in [-0.1, -0.05) is 6.07 Å². The van der Waals surface area contributed by atoms with Gasteiger partial charge in [-0.3, -0.25) is 9.97 Å². The summed E-state index contributed by atoms with van der Waals surface area (Å²) in [6.45, 7) is 2.52. The van der Waals surface area contributed by atoms with Crippen LogP contribution in [0.3, 0.4) is 0 Å². The first-order valence-electron chi connectivity index (χ1n) is 8.28. The van der Waals surface area contributed by atoms with E-state index >= 15 is 0 Å². The molecule has 0 radical (unpaired) electrons. The number of hydrogen-bond donors (Lipinski definition) is 3. The number of aromatic nitrogens is 3. The fourth-order valence-electron chi connectivity index (χ4n) is 3.00. The van der Waals surface area contributed by atoms with Crippen LogP contribution in [0.2, 0.25) is 0 Å². The normalized spacial score (nSPS) is 17.7. The van der Waals surface area contributed by atoms with Gasteiger partial charge in [-0.25, -0.2) is 4.98 Å². The Morgan fingerprint density at radius 3 is 2.80 bits per heavy atom. The van der Waals surface area contributed by atoms with E-state index in [1.165, 1.54) is 0 Å². The van der Waals surface area contributed by atoms with Crippen molar-refractivity contribution in [3.8, 4) is 11.1 Å². The first kappa shape index (κ1) is 15.7. The first-order valence-corrected chi connectivity index (χ1v) is 8.28. The van der Waals surface area contributed by atoms with Crippen LogP contribution in [0, 0.1) is 0 Å². The van der Waals surface area contributed by atoms with Crippen LogP contribution in [0.25, 0.3) is 22.2 Å². The van der Waals surface area contributed by atoms with Gasteiger partial charge in [0.2, 0.25) is 0 Å². The Hall–Kier alpha value is -2.77. The quantitative estimate of drug-likeness (QED) is 0.662. The standard InChI is InChI=1S/C18H20N6O/c19-12-5-17-16(23-9-12)7-15(18(20)24-17)11-1-2-13(22-8-11)6-14-10-21-3-4-25-14/h1-2,5,7-9,14,21H,3-4,6,10,19H2,(H2,20,24). The maximum absolute atomic E-state index is 6.12. The van der Waals surface area contributed by atoms with Gasteiger partial charge >= 0.3 is 0 Å². The van der Waals surface area contributed by atoms with Crippen molar-refractivity contribution in [1.29, 1.82) is 0 Å². The molecule has 4 heterocycles. The molecular weight excluding hydrogens is 316 g/mol. The van der Waals surface area contributed by atoms with Crippen LogP contribution in [-0.4, -0.2) is 40.8 Å². The molecule has 0 aromatic carbocycles. The average molecular weight is 336 g/mol. The Morgan fingerprint density at radius 2 is 2.04 bits per heavy atom. The highest BCUT2D eigenvalue weighted by atomic mass is 16.5. The van der Waals surface area contributed by atoms with E-state index < -0.39 is 0 Å². The number of pyridine rings is 3. The minimum atomic E-state index is 0.175. The second-order valence-electron chi connectivity index (χ2n) is 6.17. The number of nitrogen functional groups attached to an aromatic ring is 2. The zero-order chi connectivity index (χ0) is 17.2. The zero-order valence-electron chi connectivity index (χ0n) is 13.8. The smallest absolute Gasteiger partial charge is 0.132 e. The molecule has 0 aliphatic carbocycles. The number of rotatable bonds is 3. The number of nitrogens with zero attached hydrogens (tertiary/aromatic N) is 3. The fraction of sp³-hybridized carbons (Fsp3) is 0.278. The third-order valence-electron chi connectivity index (χ3n) is 4.29. The third kappa shape index (κ3) is 3.38. The largest absolute Gasteiger partial charge is 0.397 e. The van der Waals surface area contributed by atoms with E-state index in [-0.39, 0.29) is 6.10 Å². The van der Waals surface area contributed by atoms with Gasteiger partial charge in [-0.15, -0.1) is 0 Å². The summed E-state index contributed by atoms with van der Waals surface area (Å²) < 4.78 is 5.72. The topological polar surface area (TPSA) is 112 Å². The fourth-order valence-corrected chi connectivity index (χ4v) is 3.00. The predicted molar refractivity (Wildman–Crippen MR) is 97.9 cm³/mol. The SMILES string of the molecule is Nc1cnc2cc(-c3ccc(CC4CNCCO4)nc3)c(N)nc2c1. The van der Waals surface area contributed by atoms with Crippen LogP contribution in [0.15, 0.2) is 36.7 Å². The number of anilines is 2. The van der Waals surface area contributed by atoms with E-state index in [2.05, 4.69) is 20.3 Å². The molecule has 3 aromatic heterocycles. The lowest BCUT2D eigenvalue weighted by atomic mass is 10.1. The molecule has 5 N–H and O–H groups in total. The van der Waals surface area contributed by atoms with E-state index in [1.54, 1.807) is 12.3 Å². The molecular formula is C18H20N6O. The number of ether oxygens (including phenoxy) is 1. The van der Waals surface area contributed by atoms with Crippen molar-refractivity contribution < 1.29 is 4.74 Å². The monoisotopic (exact) mass is 336 g/mol. The minimum Gasteiger partial charge on any atom is -0.397 e. The van der Waals surface area contributed by atoms with E-state index in [9.17, 15) is 0 Å². The Morgan fingerprint density at radius 1 is 1.12 bits per heavy atom. The molecule has 7 heteroatoms. The number of nitrogens with one attached hydrogen (secondary N) is 1. The molecule has 4 rings (SSSR count). The minimum absolute atomic E-state index is 0.175. The lowest BCUT2D eigenvalue weighted by Crippen LogP contribution is -2.39. The molecule has 1 saturated heterocycles. The van der Waals surface area contributed by atoms with Gasteiger partial charge in [0.25, 0.3) is 0 Å². The number of nitrogens with two attached hydrogens (primary N) is 2. The van der Waals surface area contributed by atoms with Gasteiger partial charge < -0.3 is 21.5 Å². The lowest BCUT2D eigenvalue weighted by Gasteiger charge is -2.23. The second kappa shape index (κ2) is 6.62. The highest BCUT2D eigenvalue weighted by Gasteiger charge is 2.15. The van der Waals surface area contributed by atoms with Gasteiger partial charge in [0, 0.05) is 42.5 Å². The lowest BCUT2D eigenvalue weighted by molar-refractivity contribution is 0.0287. The zero-order valence-corrected chi connectivity index (χ0v) is 13.8. The summed E-state index contributed by atoms with van der Waals surface area (Å²) in [6.07, 6.45) is 4.40. The number of morpholine rings is 1. The molecule has 1 unspecified atom stereocenters. The van der Waals surface area contributed by atoms with Crippen LogP contribution in [-0.2, 0) is 11.2 Å². The molecule has 1 fully saturated rings. The molecule has 25 heavy (non-hydrogen) atoms. The van der Waals surface area contributed by atoms with Crippen molar-refractivity contribution >= 4 is 22.5 Å². The molecule has 0 bridgehead atoms. The molecule has 0 spiro atoms. The van der Waals surface area contributed by atoms with Crippen molar-refractivity contribution in [2.45, 2.75) is 12.5 Å². The summed E-state index contributed by atoms with van der Waals surface area (Å²) in [4.78, 5) is 13.3. The average Bonchev–Trinajstić information content (AvgIpc) is 2.63. The molecule has 0 amide bonds. The Balaban J connectivity index is 1.60. The third-order valence-corrected chi connectivity index (χ3v) is 4.29. The van der Waals surface area contributed by atoms with Crippen molar-refractivity contribution in [3.05, 3.63) is 42.4 Å². The second-order valence-corrected chi connectivity index (χ2v) is 6.17. The van der Waals surface area contributed by atoms with Gasteiger partial charge in [-0.2, -0.15) is 0 Å². The highest BCUT2D eigenvalue weighted by Crippen LogP contribution is 2.27. The van der Waals surface area contributed by atoms with Gasteiger partial charge in [0.05, 0.1) is 35.6 Å². The first-order chi connectivity index (χ1) is 12.2. The Kier molecular flexibility index (Phi) is 4.17. The van der Waals surface area contributed by atoms with Crippen molar-refractivity contribution in [1.82, 2.24) is 20.3 Å². The van der Waals surface area contributed by atoms with Crippen LogP contribution in [0.1, 0.15) is 5.69 Å². The number of fused-ring (bicyclic) bond motifs is 1. The van der Waals surface area contributed by atoms with Crippen LogP contribution >= 0.6 is 0 Å². The van der Waals surface area contributed by atoms with Crippen LogP contribution < -0.4 is 16.8 Å². The van der Waals surface area contributed by atoms with Gasteiger partial charge in [-0.05, 0) is 18.2 Å². The maximum Gasteiger partial charge on any atom is 0.132 e. The van der Waals surface area contributed by atoms with E-state index in [0.717, 1.165) is 48.5 Å². The summed E-state index contributed by atoms with van der Waals surface area (Å²) in [5, 5.41) is 3.33. The van der Waals surface area contributed by atoms with E-state index in [1.807, 2.05) is 24.4 Å². The maximum atomic E-state index is 6.12. The van der Waals surface area contributed by atoms with Crippen LogP contribution in [0.5, 0.6) is 0 Å². The van der Waals surface area contributed by atoms with Crippen molar-refractivity contribution in [2.75, 3.05) is 31.2 Å². The summed E-state index contributed by atoms with van der Waals surface area (Å²) >= 11 is 0. The molecule has 0 saturated carbocycles. The van der Waals surface area contributed by atoms with Gasteiger partial charge in [0.1, 0.15) is 5.82 Å². The van der Waals surface area contributed by atoms with Gasteiger partial charge in [0.15, 0.2) is 0 Å². The van der Waals surface area contributed by atoms with Crippen molar-refractivity contribution in [3.63, 3.8) is 0 Å². The summed E-state index contributed by atoms with van der Waals surface area (Å²) in [7, 11) is 0. The van der Waals surface area contributed by atoms with E-state index in [0.29, 0.717) is 17.0 Å². The summed E-state index contributed by atoms with van der Waals surface area (Å²) in [5.41, 5.74) is 16.6. The van der Waals surface area contributed by atoms with Crippen LogP contribution in [0.4, 0.5) is 11.5 Å². The Bertz CT molecular complexity index is 890. The molecule has 128 valence electrons. The summed E-state index contributed by atoms with van der Waals surface area (Å²) in [6, 6.07) is 7.70. The molecule has 1 atom stereocenters. The summed E-state index contributed by atoms with van der Waals surface area (Å²) in [5.74, 6) is 0.439. The number of hydrogen-bond acceptors (Lipinski definition) is 7. The molecule has 3 aromatic rings. The Labute approximate surface area is 145 Å².